The largest absolute Gasteiger partial charge is 0.478 e. The van der Waals surface area contributed by atoms with Gasteiger partial charge in [0.1, 0.15) is 0 Å². The molecule has 1 aromatic heterocycles. The molecule has 0 bridgehead atoms. The SMILES string of the molecule is O=C(O)c1cc(S(=O)(=O)Nc2cnccn2)ccc1Br. The summed E-state index contributed by atoms with van der Waals surface area (Å²) in [5, 5.41) is 8.98. The molecule has 104 valence electrons. The highest BCUT2D eigenvalue weighted by molar-refractivity contribution is 9.10. The van der Waals surface area contributed by atoms with Crippen molar-refractivity contribution in [2.24, 2.45) is 0 Å². The highest BCUT2D eigenvalue weighted by Crippen LogP contribution is 2.22. The molecule has 0 saturated carbocycles. The van der Waals surface area contributed by atoms with E-state index in [2.05, 4.69) is 30.6 Å². The van der Waals surface area contributed by atoms with Crippen LogP contribution in [0.25, 0.3) is 0 Å². The van der Waals surface area contributed by atoms with E-state index in [9.17, 15) is 13.2 Å². The minimum absolute atomic E-state index is 0.0484. The minimum Gasteiger partial charge on any atom is -0.478 e. The first-order valence-electron chi connectivity index (χ1n) is 5.22. The maximum atomic E-state index is 12.1. The zero-order valence-electron chi connectivity index (χ0n) is 9.82. The number of aromatic nitrogens is 2. The second-order valence-electron chi connectivity index (χ2n) is 3.64. The van der Waals surface area contributed by atoms with Crippen molar-refractivity contribution in [2.45, 2.75) is 4.90 Å². The first-order chi connectivity index (χ1) is 9.40. The van der Waals surface area contributed by atoms with Crippen molar-refractivity contribution in [2.75, 3.05) is 4.72 Å². The third kappa shape index (κ3) is 3.11. The predicted octanol–water partition coefficient (Wildman–Crippen LogP) is 1.74. The highest BCUT2D eigenvalue weighted by Gasteiger charge is 2.18. The van der Waals surface area contributed by atoms with Gasteiger partial charge in [0.2, 0.25) is 0 Å². The van der Waals surface area contributed by atoms with Gasteiger partial charge in [-0.3, -0.25) is 9.71 Å². The molecular formula is C11H8BrN3O4S. The molecule has 0 atom stereocenters. The molecule has 7 nitrogen and oxygen atoms in total. The average molecular weight is 358 g/mol. The first kappa shape index (κ1) is 14.4. The van der Waals surface area contributed by atoms with Crippen LogP contribution < -0.4 is 4.72 Å². The molecule has 2 N–H and O–H groups in total. The summed E-state index contributed by atoms with van der Waals surface area (Å²) in [5.74, 6) is -1.18. The van der Waals surface area contributed by atoms with Crippen LogP contribution in [0.5, 0.6) is 0 Å². The Hall–Kier alpha value is -2.00. The van der Waals surface area contributed by atoms with Gasteiger partial charge in [0.25, 0.3) is 10.0 Å². The van der Waals surface area contributed by atoms with Crippen molar-refractivity contribution in [3.8, 4) is 0 Å². The summed E-state index contributed by atoms with van der Waals surface area (Å²) >= 11 is 3.05. The second-order valence-corrected chi connectivity index (χ2v) is 6.18. The molecule has 0 unspecified atom stereocenters. The van der Waals surface area contributed by atoms with Crippen molar-refractivity contribution in [3.05, 3.63) is 46.8 Å². The van der Waals surface area contributed by atoms with E-state index < -0.39 is 16.0 Å². The monoisotopic (exact) mass is 357 g/mol. The Morgan fingerprint density at radius 2 is 2.05 bits per heavy atom. The Labute approximate surface area is 122 Å². The molecule has 9 heteroatoms. The molecule has 0 aliphatic rings. The van der Waals surface area contributed by atoms with Gasteiger partial charge < -0.3 is 5.11 Å². The van der Waals surface area contributed by atoms with Crippen LogP contribution in [0, 0.1) is 0 Å². The normalized spacial score (nSPS) is 11.1. The topological polar surface area (TPSA) is 109 Å². The number of sulfonamides is 1. The predicted molar refractivity (Wildman–Crippen MR) is 73.9 cm³/mol. The van der Waals surface area contributed by atoms with Crippen molar-refractivity contribution in [3.63, 3.8) is 0 Å². The fourth-order valence-corrected chi connectivity index (χ4v) is 2.82. The smallest absolute Gasteiger partial charge is 0.336 e. The quantitative estimate of drug-likeness (QED) is 0.862. The van der Waals surface area contributed by atoms with Crippen LogP contribution in [-0.4, -0.2) is 29.5 Å². The van der Waals surface area contributed by atoms with E-state index in [1.807, 2.05) is 0 Å². The minimum atomic E-state index is -3.92. The number of halogens is 1. The lowest BCUT2D eigenvalue weighted by Crippen LogP contribution is -2.15. The molecule has 2 rings (SSSR count). The van der Waals surface area contributed by atoms with Gasteiger partial charge in [0, 0.05) is 16.9 Å². The maximum Gasteiger partial charge on any atom is 0.336 e. The van der Waals surface area contributed by atoms with Gasteiger partial charge in [-0.05, 0) is 34.1 Å². The van der Waals surface area contributed by atoms with Crippen molar-refractivity contribution in [1.82, 2.24) is 9.97 Å². The van der Waals surface area contributed by atoms with Crippen molar-refractivity contribution < 1.29 is 18.3 Å². The lowest BCUT2D eigenvalue weighted by molar-refractivity contribution is 0.0695. The number of carboxylic acid groups (broad SMARTS) is 1. The third-order valence-electron chi connectivity index (χ3n) is 2.28. The summed E-state index contributed by atoms with van der Waals surface area (Å²) in [4.78, 5) is 18.3. The Morgan fingerprint density at radius 3 is 2.65 bits per heavy atom. The Balaban J connectivity index is 2.40. The summed E-state index contributed by atoms with van der Waals surface area (Å²) in [7, 11) is -3.92. The Kier molecular flexibility index (Phi) is 4.00. The Morgan fingerprint density at radius 1 is 1.30 bits per heavy atom. The second kappa shape index (κ2) is 5.55. The number of benzene rings is 1. The van der Waals surface area contributed by atoms with Gasteiger partial charge >= 0.3 is 5.97 Å². The number of rotatable bonds is 4. The van der Waals surface area contributed by atoms with Crippen LogP contribution in [0.15, 0.2) is 46.2 Å². The van der Waals surface area contributed by atoms with E-state index in [0.29, 0.717) is 4.47 Å². The lowest BCUT2D eigenvalue weighted by atomic mass is 10.2. The van der Waals surface area contributed by atoms with Crippen molar-refractivity contribution in [1.29, 1.82) is 0 Å². The van der Waals surface area contributed by atoms with E-state index in [0.717, 1.165) is 6.07 Å². The molecule has 0 aliphatic heterocycles. The summed E-state index contributed by atoms with van der Waals surface area (Å²) in [5.41, 5.74) is -0.146. The molecule has 0 radical (unpaired) electrons. The number of nitrogens with one attached hydrogen (secondary N) is 1. The molecule has 2 aromatic rings. The molecular weight excluding hydrogens is 350 g/mol. The van der Waals surface area contributed by atoms with E-state index in [4.69, 9.17) is 5.11 Å². The van der Waals surface area contributed by atoms with Gasteiger partial charge in [-0.2, -0.15) is 0 Å². The van der Waals surface area contributed by atoms with E-state index in [-0.39, 0.29) is 16.3 Å². The number of hydrogen-bond donors (Lipinski definition) is 2. The molecule has 0 amide bonds. The lowest BCUT2D eigenvalue weighted by Gasteiger charge is -2.08. The van der Waals surface area contributed by atoms with Crippen LogP contribution >= 0.6 is 15.9 Å². The average Bonchev–Trinajstić information content (AvgIpc) is 2.39. The molecule has 0 saturated heterocycles. The summed E-state index contributed by atoms with van der Waals surface area (Å²) in [6.45, 7) is 0. The Bertz CT molecular complexity index is 750. The zero-order chi connectivity index (χ0) is 14.8. The van der Waals surface area contributed by atoms with Gasteiger partial charge in [-0.25, -0.2) is 18.2 Å². The highest BCUT2D eigenvalue weighted by atomic mass is 79.9. The summed E-state index contributed by atoms with van der Waals surface area (Å²) in [6, 6.07) is 3.70. The van der Waals surface area contributed by atoms with Crippen molar-refractivity contribution >= 4 is 37.7 Å². The number of anilines is 1. The number of nitrogens with zero attached hydrogens (tertiary/aromatic N) is 2. The van der Waals surface area contributed by atoms with Gasteiger partial charge in [-0.1, -0.05) is 0 Å². The summed E-state index contributed by atoms with van der Waals surface area (Å²) in [6.07, 6.45) is 3.98. The van der Waals surface area contributed by atoms with Gasteiger partial charge in [0.15, 0.2) is 5.82 Å². The molecule has 0 fully saturated rings. The molecule has 0 aliphatic carbocycles. The van der Waals surface area contributed by atoms with E-state index in [1.165, 1.54) is 30.7 Å². The number of carbonyl (C=O) groups is 1. The third-order valence-corrected chi connectivity index (χ3v) is 4.32. The van der Waals surface area contributed by atoms with Crippen LogP contribution in [0.3, 0.4) is 0 Å². The van der Waals surface area contributed by atoms with Gasteiger partial charge in [-0.15, -0.1) is 0 Å². The van der Waals surface area contributed by atoms with Crippen LogP contribution in [0.1, 0.15) is 10.4 Å². The molecule has 1 heterocycles. The van der Waals surface area contributed by atoms with Crippen LogP contribution in [0.2, 0.25) is 0 Å². The summed E-state index contributed by atoms with van der Waals surface area (Å²) < 4.78 is 26.7. The number of carboxylic acids is 1. The van der Waals surface area contributed by atoms with Crippen LogP contribution in [0.4, 0.5) is 5.82 Å². The number of aromatic carboxylic acids is 1. The molecule has 1 aromatic carbocycles. The maximum absolute atomic E-state index is 12.1. The number of hydrogen-bond acceptors (Lipinski definition) is 5. The molecule has 0 spiro atoms. The fraction of sp³-hybridized carbons (Fsp3) is 0. The molecule has 20 heavy (non-hydrogen) atoms. The van der Waals surface area contributed by atoms with E-state index >= 15 is 0 Å². The van der Waals surface area contributed by atoms with Gasteiger partial charge in [0.05, 0.1) is 16.7 Å². The standard InChI is InChI=1S/C11H8BrN3O4S/c12-9-2-1-7(5-8(9)11(16)17)20(18,19)15-10-6-13-3-4-14-10/h1-6H,(H,14,15)(H,16,17). The first-order valence-corrected chi connectivity index (χ1v) is 7.49. The van der Waals surface area contributed by atoms with Crippen LogP contribution in [-0.2, 0) is 10.0 Å². The van der Waals surface area contributed by atoms with E-state index in [1.54, 1.807) is 0 Å². The zero-order valence-corrected chi connectivity index (χ0v) is 12.2. The fourth-order valence-electron chi connectivity index (χ4n) is 1.38.